The van der Waals surface area contributed by atoms with Crippen LogP contribution in [0.2, 0.25) is 0 Å². The number of nitrogens with zero attached hydrogens (tertiary/aromatic N) is 1. The van der Waals surface area contributed by atoms with Crippen LogP contribution >= 0.6 is 0 Å². The van der Waals surface area contributed by atoms with E-state index in [2.05, 4.69) is 4.90 Å². The molecule has 0 saturated heterocycles. The maximum Gasteiger partial charge on any atom is 0.320 e. The molecule has 1 fully saturated rings. The summed E-state index contributed by atoms with van der Waals surface area (Å²) in [6.07, 6.45) is 2.21. The summed E-state index contributed by atoms with van der Waals surface area (Å²) in [6.45, 7) is 3.08. The lowest BCUT2D eigenvalue weighted by molar-refractivity contribution is -0.144. The predicted molar refractivity (Wildman–Crippen MR) is 66.5 cm³/mol. The Morgan fingerprint density at radius 1 is 1.50 bits per heavy atom. The molecule has 1 aliphatic rings. The van der Waals surface area contributed by atoms with Gasteiger partial charge in [-0.15, -0.1) is 0 Å². The maximum absolute atomic E-state index is 13.1. The van der Waals surface area contributed by atoms with Crippen molar-refractivity contribution in [3.05, 3.63) is 35.6 Å². The molecule has 2 rings (SSSR count). The molecule has 0 amide bonds. The zero-order chi connectivity index (χ0) is 13.0. The fraction of sp³-hybridized carbons (Fsp3) is 0.500. The van der Waals surface area contributed by atoms with Crippen LogP contribution in [-0.2, 0) is 16.1 Å². The first-order valence-corrected chi connectivity index (χ1v) is 6.33. The van der Waals surface area contributed by atoms with Crippen LogP contribution in [0.3, 0.4) is 0 Å². The highest BCUT2D eigenvalue weighted by Gasteiger charge is 2.30. The summed E-state index contributed by atoms with van der Waals surface area (Å²) in [5.41, 5.74) is 0.895. The van der Waals surface area contributed by atoms with Crippen LogP contribution in [0.25, 0.3) is 0 Å². The van der Waals surface area contributed by atoms with E-state index in [1.54, 1.807) is 13.0 Å². The van der Waals surface area contributed by atoms with E-state index in [1.807, 2.05) is 6.07 Å². The molecule has 98 valence electrons. The highest BCUT2D eigenvalue weighted by atomic mass is 19.1. The zero-order valence-electron chi connectivity index (χ0n) is 10.6. The topological polar surface area (TPSA) is 29.5 Å². The third-order valence-electron chi connectivity index (χ3n) is 2.98. The number of carbonyl (C=O) groups is 1. The molecule has 0 spiro atoms. The van der Waals surface area contributed by atoms with Crippen LogP contribution in [0.15, 0.2) is 24.3 Å². The van der Waals surface area contributed by atoms with Gasteiger partial charge in [-0.05, 0) is 37.5 Å². The molecule has 0 aliphatic heterocycles. The minimum absolute atomic E-state index is 0.208. The first kappa shape index (κ1) is 13.0. The molecule has 1 saturated carbocycles. The van der Waals surface area contributed by atoms with E-state index < -0.39 is 0 Å². The lowest BCUT2D eigenvalue weighted by Gasteiger charge is -2.20. The van der Waals surface area contributed by atoms with Gasteiger partial charge in [-0.3, -0.25) is 9.69 Å². The zero-order valence-corrected chi connectivity index (χ0v) is 10.6. The standard InChI is InChI=1S/C14H18FNO2/c1-2-18-14(17)10-16(13-6-7-13)9-11-4-3-5-12(15)8-11/h3-5,8,13H,2,6-7,9-10H2,1H3. The first-order chi connectivity index (χ1) is 8.69. The van der Waals surface area contributed by atoms with Crippen molar-refractivity contribution in [1.29, 1.82) is 0 Å². The maximum atomic E-state index is 13.1. The SMILES string of the molecule is CCOC(=O)CN(Cc1cccc(F)c1)C1CC1. The quantitative estimate of drug-likeness (QED) is 0.727. The third-order valence-corrected chi connectivity index (χ3v) is 2.98. The lowest BCUT2D eigenvalue weighted by atomic mass is 10.2. The lowest BCUT2D eigenvalue weighted by Crippen LogP contribution is -2.32. The monoisotopic (exact) mass is 251 g/mol. The summed E-state index contributed by atoms with van der Waals surface area (Å²) in [6, 6.07) is 6.96. The minimum atomic E-state index is -0.237. The minimum Gasteiger partial charge on any atom is -0.465 e. The Labute approximate surface area is 107 Å². The number of halogens is 1. The van der Waals surface area contributed by atoms with Gasteiger partial charge in [0, 0.05) is 12.6 Å². The van der Waals surface area contributed by atoms with E-state index in [-0.39, 0.29) is 18.3 Å². The molecule has 0 radical (unpaired) electrons. The summed E-state index contributed by atoms with van der Waals surface area (Å²) in [4.78, 5) is 13.6. The Morgan fingerprint density at radius 2 is 2.28 bits per heavy atom. The van der Waals surface area contributed by atoms with Crippen molar-refractivity contribution in [3.8, 4) is 0 Å². The van der Waals surface area contributed by atoms with Gasteiger partial charge in [0.2, 0.25) is 0 Å². The molecule has 0 atom stereocenters. The second kappa shape index (κ2) is 5.96. The van der Waals surface area contributed by atoms with Crippen molar-refractivity contribution in [2.24, 2.45) is 0 Å². The van der Waals surface area contributed by atoms with Gasteiger partial charge in [-0.2, -0.15) is 0 Å². The molecule has 0 aromatic heterocycles. The second-order valence-corrected chi connectivity index (χ2v) is 4.57. The number of ether oxygens (including phenoxy) is 1. The Morgan fingerprint density at radius 3 is 2.89 bits per heavy atom. The van der Waals surface area contributed by atoms with E-state index in [1.165, 1.54) is 12.1 Å². The average molecular weight is 251 g/mol. The van der Waals surface area contributed by atoms with Crippen LogP contribution in [0.1, 0.15) is 25.3 Å². The van der Waals surface area contributed by atoms with Gasteiger partial charge in [-0.25, -0.2) is 4.39 Å². The molecular weight excluding hydrogens is 233 g/mol. The molecule has 0 N–H and O–H groups in total. The number of hydrogen-bond acceptors (Lipinski definition) is 3. The number of esters is 1. The van der Waals surface area contributed by atoms with E-state index >= 15 is 0 Å². The molecule has 0 heterocycles. The molecule has 18 heavy (non-hydrogen) atoms. The van der Waals surface area contributed by atoms with Crippen LogP contribution in [-0.4, -0.2) is 30.1 Å². The van der Waals surface area contributed by atoms with Crippen molar-refractivity contribution in [2.45, 2.75) is 32.4 Å². The molecule has 3 nitrogen and oxygen atoms in total. The molecular formula is C14H18FNO2. The molecule has 1 aromatic carbocycles. The van der Waals surface area contributed by atoms with Gasteiger partial charge < -0.3 is 4.74 Å². The van der Waals surface area contributed by atoms with Gasteiger partial charge in [0.1, 0.15) is 5.82 Å². The normalized spacial score (nSPS) is 14.8. The van der Waals surface area contributed by atoms with E-state index in [0.29, 0.717) is 19.2 Å². The van der Waals surface area contributed by atoms with E-state index in [9.17, 15) is 9.18 Å². The van der Waals surface area contributed by atoms with Crippen molar-refractivity contribution >= 4 is 5.97 Å². The van der Waals surface area contributed by atoms with Gasteiger partial charge in [-0.1, -0.05) is 12.1 Å². The average Bonchev–Trinajstić information content (AvgIpc) is 3.12. The van der Waals surface area contributed by atoms with E-state index in [4.69, 9.17) is 4.74 Å². The summed E-state index contributed by atoms with van der Waals surface area (Å²) in [5, 5.41) is 0. The Balaban J connectivity index is 1.96. The predicted octanol–water partition coefficient (Wildman–Crippen LogP) is 2.35. The van der Waals surface area contributed by atoms with Gasteiger partial charge >= 0.3 is 5.97 Å². The molecule has 1 aromatic rings. The van der Waals surface area contributed by atoms with Crippen molar-refractivity contribution < 1.29 is 13.9 Å². The van der Waals surface area contributed by atoms with Crippen molar-refractivity contribution in [2.75, 3.05) is 13.2 Å². The van der Waals surface area contributed by atoms with Crippen molar-refractivity contribution in [3.63, 3.8) is 0 Å². The smallest absolute Gasteiger partial charge is 0.320 e. The van der Waals surface area contributed by atoms with Gasteiger partial charge in [0.15, 0.2) is 0 Å². The number of hydrogen-bond donors (Lipinski definition) is 0. The number of benzene rings is 1. The highest BCUT2D eigenvalue weighted by molar-refractivity contribution is 5.71. The fourth-order valence-electron chi connectivity index (χ4n) is 2.00. The third kappa shape index (κ3) is 3.81. The summed E-state index contributed by atoms with van der Waals surface area (Å²) in [7, 11) is 0. The molecule has 0 unspecified atom stereocenters. The fourth-order valence-corrected chi connectivity index (χ4v) is 2.00. The van der Waals surface area contributed by atoms with Gasteiger partial charge in [0.05, 0.1) is 13.2 Å². The summed E-state index contributed by atoms with van der Waals surface area (Å²) in [5.74, 6) is -0.444. The number of carbonyl (C=O) groups excluding carboxylic acids is 1. The number of rotatable bonds is 6. The van der Waals surface area contributed by atoms with Crippen LogP contribution in [0.5, 0.6) is 0 Å². The van der Waals surface area contributed by atoms with Crippen molar-refractivity contribution in [1.82, 2.24) is 4.90 Å². The van der Waals surface area contributed by atoms with Crippen LogP contribution < -0.4 is 0 Å². The Hall–Kier alpha value is -1.42. The van der Waals surface area contributed by atoms with Gasteiger partial charge in [0.25, 0.3) is 0 Å². The summed E-state index contributed by atoms with van der Waals surface area (Å²) < 4.78 is 18.1. The Kier molecular flexibility index (Phi) is 4.31. The second-order valence-electron chi connectivity index (χ2n) is 4.57. The van der Waals surface area contributed by atoms with Crippen LogP contribution in [0, 0.1) is 5.82 Å². The Bertz CT molecular complexity index is 418. The molecule has 4 heteroatoms. The first-order valence-electron chi connectivity index (χ1n) is 6.33. The largest absolute Gasteiger partial charge is 0.465 e. The summed E-state index contributed by atoms with van der Waals surface area (Å²) >= 11 is 0. The van der Waals surface area contributed by atoms with Crippen LogP contribution in [0.4, 0.5) is 4.39 Å². The molecule has 1 aliphatic carbocycles. The highest BCUT2D eigenvalue weighted by Crippen LogP contribution is 2.28. The molecule has 0 bridgehead atoms. The van der Waals surface area contributed by atoms with E-state index in [0.717, 1.165) is 18.4 Å².